The lowest BCUT2D eigenvalue weighted by molar-refractivity contribution is 0.738. The number of benzene rings is 8. The molecular weight excluding hydrogens is 779 g/mol. The second kappa shape index (κ2) is 15.3. The molecule has 3 aromatic heterocycles. The molecule has 0 bridgehead atoms. The Labute approximate surface area is 372 Å². The summed E-state index contributed by atoms with van der Waals surface area (Å²) < 4.78 is 4.80. The van der Waals surface area contributed by atoms with Gasteiger partial charge in [-0.15, -0.1) is 0 Å². The van der Waals surface area contributed by atoms with Crippen LogP contribution in [0, 0.1) is 12.8 Å². The first-order chi connectivity index (χ1) is 31.6. The van der Waals surface area contributed by atoms with Crippen molar-refractivity contribution in [2.75, 3.05) is 0 Å². The number of hydrogen-bond acceptors (Lipinski definition) is 3. The van der Waals surface area contributed by atoms with Gasteiger partial charge in [-0.1, -0.05) is 159 Å². The molecule has 8 aromatic carbocycles. The fraction of sp³-hybridized carbons (Fsp3) is 0.0678. The molecule has 1 aliphatic rings. The van der Waals surface area contributed by atoms with Crippen molar-refractivity contribution in [1.82, 2.24) is 24.1 Å². The van der Waals surface area contributed by atoms with Crippen LogP contribution in [0.5, 0.6) is 0 Å². The van der Waals surface area contributed by atoms with Gasteiger partial charge in [0.1, 0.15) is 0 Å². The molecule has 12 rings (SSSR count). The van der Waals surface area contributed by atoms with E-state index in [1.807, 2.05) is 18.2 Å². The summed E-state index contributed by atoms with van der Waals surface area (Å²) in [5, 5.41) is 4.92. The number of para-hydroxylation sites is 3. The Balaban J connectivity index is 0.945. The van der Waals surface area contributed by atoms with E-state index in [2.05, 4.69) is 211 Å². The van der Waals surface area contributed by atoms with Gasteiger partial charge in [0.15, 0.2) is 17.5 Å². The van der Waals surface area contributed by atoms with Crippen molar-refractivity contribution in [2.24, 2.45) is 5.92 Å². The summed E-state index contributed by atoms with van der Waals surface area (Å²) in [5.74, 6) is 2.44. The Morgan fingerprint density at radius 3 is 1.89 bits per heavy atom. The highest BCUT2D eigenvalue weighted by molar-refractivity contribution is 6.16. The molecule has 0 aliphatic heterocycles. The van der Waals surface area contributed by atoms with Gasteiger partial charge in [-0.3, -0.25) is 0 Å². The summed E-state index contributed by atoms with van der Waals surface area (Å²) in [7, 11) is 0. The zero-order valence-electron chi connectivity index (χ0n) is 35.7. The zero-order valence-corrected chi connectivity index (χ0v) is 35.7. The van der Waals surface area contributed by atoms with E-state index in [4.69, 9.17) is 15.0 Å². The van der Waals surface area contributed by atoms with E-state index in [0.29, 0.717) is 23.4 Å². The van der Waals surface area contributed by atoms with Crippen LogP contribution in [-0.4, -0.2) is 24.1 Å². The van der Waals surface area contributed by atoms with E-state index in [1.165, 1.54) is 55.0 Å². The molecule has 304 valence electrons. The zero-order chi connectivity index (χ0) is 42.7. The van der Waals surface area contributed by atoms with E-state index in [1.54, 1.807) is 0 Å². The van der Waals surface area contributed by atoms with Crippen LogP contribution in [0.2, 0.25) is 0 Å². The molecule has 0 spiro atoms. The van der Waals surface area contributed by atoms with Gasteiger partial charge < -0.3 is 9.13 Å². The molecule has 0 radical (unpaired) electrons. The van der Waals surface area contributed by atoms with E-state index in [-0.39, 0.29) is 0 Å². The molecule has 0 amide bonds. The van der Waals surface area contributed by atoms with Crippen LogP contribution in [-0.2, 0) is 0 Å². The van der Waals surface area contributed by atoms with Gasteiger partial charge in [0.25, 0.3) is 0 Å². The van der Waals surface area contributed by atoms with Gasteiger partial charge in [0, 0.05) is 49.6 Å². The van der Waals surface area contributed by atoms with Crippen molar-refractivity contribution in [3.8, 4) is 56.4 Å². The smallest absolute Gasteiger partial charge is 0.164 e. The topological polar surface area (TPSA) is 48.5 Å². The van der Waals surface area contributed by atoms with Gasteiger partial charge >= 0.3 is 0 Å². The summed E-state index contributed by atoms with van der Waals surface area (Å²) in [6.07, 6.45) is 7.63. The molecule has 0 N–H and O–H groups in total. The van der Waals surface area contributed by atoms with Crippen molar-refractivity contribution < 1.29 is 0 Å². The molecule has 0 saturated heterocycles. The summed E-state index contributed by atoms with van der Waals surface area (Å²) in [5.41, 5.74) is 15.9. The average Bonchev–Trinajstić information content (AvgIpc) is 3.87. The normalized spacial score (nSPS) is 13.9. The van der Waals surface area contributed by atoms with Crippen LogP contribution in [0.25, 0.3) is 106 Å². The fourth-order valence-corrected chi connectivity index (χ4v) is 9.73. The maximum atomic E-state index is 5.10. The van der Waals surface area contributed by atoms with Gasteiger partial charge in [0.2, 0.25) is 0 Å². The number of fused-ring (bicyclic) bond motifs is 6. The van der Waals surface area contributed by atoms with Crippen LogP contribution in [0.1, 0.15) is 24.7 Å². The Hall–Kier alpha value is -8.15. The molecule has 0 saturated carbocycles. The van der Waals surface area contributed by atoms with Crippen molar-refractivity contribution in [2.45, 2.75) is 20.3 Å². The minimum absolute atomic E-state index is 0.421. The second-order valence-corrected chi connectivity index (χ2v) is 17.0. The van der Waals surface area contributed by atoms with E-state index in [0.717, 1.165) is 51.0 Å². The molecule has 0 fully saturated rings. The van der Waals surface area contributed by atoms with Crippen LogP contribution in [0.4, 0.5) is 0 Å². The lowest BCUT2D eigenvalue weighted by Gasteiger charge is -2.14. The van der Waals surface area contributed by atoms with E-state index < -0.39 is 0 Å². The Morgan fingerprint density at radius 2 is 1.08 bits per heavy atom. The highest BCUT2D eigenvalue weighted by atomic mass is 15.0. The maximum absolute atomic E-state index is 5.10. The quantitative estimate of drug-likeness (QED) is 0.161. The van der Waals surface area contributed by atoms with Crippen LogP contribution in [0.3, 0.4) is 0 Å². The molecule has 5 nitrogen and oxygen atoms in total. The van der Waals surface area contributed by atoms with Crippen molar-refractivity contribution in [1.29, 1.82) is 0 Å². The molecule has 5 heteroatoms. The van der Waals surface area contributed by atoms with Gasteiger partial charge in [-0.05, 0) is 102 Å². The minimum Gasteiger partial charge on any atom is -0.309 e. The lowest BCUT2D eigenvalue weighted by atomic mass is 9.97. The third kappa shape index (κ3) is 6.35. The monoisotopic (exact) mass is 821 g/mol. The number of rotatable bonds is 7. The number of nitrogens with zero attached hydrogens (tertiary/aromatic N) is 5. The number of hydrogen-bond donors (Lipinski definition) is 0. The first-order valence-corrected chi connectivity index (χ1v) is 22.1. The molecule has 3 heterocycles. The van der Waals surface area contributed by atoms with Gasteiger partial charge in [-0.25, -0.2) is 15.0 Å². The summed E-state index contributed by atoms with van der Waals surface area (Å²) in [6.45, 7) is 4.42. The SMILES string of the molecule is Cc1ccccc1-n1c2ccccc2c2cc(-c3ccc(-n4c5ccccc5c5c(-c6cccc(-c7nc(C8=CC(C)CC=C8)nc(-c8ccccc8)n7)c6)cccc54)cc3)ccc21. The largest absolute Gasteiger partial charge is 0.309 e. The Morgan fingerprint density at radius 1 is 0.453 bits per heavy atom. The molecule has 1 aliphatic carbocycles. The lowest BCUT2D eigenvalue weighted by Crippen LogP contribution is -2.04. The predicted octanol–water partition coefficient (Wildman–Crippen LogP) is 15.0. The average molecular weight is 822 g/mol. The third-order valence-corrected chi connectivity index (χ3v) is 12.8. The molecule has 1 atom stereocenters. The molecule has 1 unspecified atom stereocenters. The molecule has 11 aromatic rings. The van der Waals surface area contributed by atoms with Crippen molar-refractivity contribution >= 4 is 49.2 Å². The number of aromatic nitrogens is 5. The van der Waals surface area contributed by atoms with Crippen molar-refractivity contribution in [3.05, 3.63) is 218 Å². The number of allylic oxidation sites excluding steroid dienone is 4. The Kier molecular flexibility index (Phi) is 9.01. The minimum atomic E-state index is 0.421. The van der Waals surface area contributed by atoms with Crippen LogP contribution < -0.4 is 0 Å². The van der Waals surface area contributed by atoms with Gasteiger partial charge in [-0.2, -0.15) is 0 Å². The third-order valence-electron chi connectivity index (χ3n) is 12.8. The van der Waals surface area contributed by atoms with Crippen LogP contribution >= 0.6 is 0 Å². The number of aryl methyl sites for hydroxylation is 1. The Bertz CT molecular complexity index is 3660. The highest BCUT2D eigenvalue weighted by Gasteiger charge is 2.20. The summed E-state index contributed by atoms with van der Waals surface area (Å²) >= 11 is 0. The van der Waals surface area contributed by atoms with Gasteiger partial charge in [0.05, 0.1) is 22.1 Å². The van der Waals surface area contributed by atoms with E-state index >= 15 is 0 Å². The summed E-state index contributed by atoms with van der Waals surface area (Å²) in [6, 6.07) is 67.6. The standard InChI is InChI=1S/C59H43N5/c1-38-15-12-20-44(35-38)58-60-57(41-17-4-3-5-18-41)61-59(62-58)45-21-13-19-43(36-45)47-24-14-28-55-56(47)49-23-8-11-27-53(49)63(55)46-32-29-40(30-33-46)42-31-34-54-50(37-42)48-22-7-10-26-52(48)64(54)51-25-9-6-16-39(51)2/h3-14,16-38H,15H2,1-2H3. The fourth-order valence-electron chi connectivity index (χ4n) is 9.73. The first-order valence-electron chi connectivity index (χ1n) is 22.1. The first kappa shape index (κ1) is 37.6. The highest BCUT2D eigenvalue weighted by Crippen LogP contribution is 2.41. The second-order valence-electron chi connectivity index (χ2n) is 17.0. The van der Waals surface area contributed by atoms with E-state index in [9.17, 15) is 0 Å². The van der Waals surface area contributed by atoms with Crippen LogP contribution in [0.15, 0.2) is 206 Å². The molecular formula is C59H43N5. The van der Waals surface area contributed by atoms with Crippen molar-refractivity contribution in [3.63, 3.8) is 0 Å². The maximum Gasteiger partial charge on any atom is 0.164 e. The predicted molar refractivity (Wildman–Crippen MR) is 266 cm³/mol. The summed E-state index contributed by atoms with van der Waals surface area (Å²) in [4.78, 5) is 15.2. The molecule has 64 heavy (non-hydrogen) atoms.